The second-order valence-corrected chi connectivity index (χ2v) is 5.73. The Balaban J connectivity index is 2.38. The highest BCUT2D eigenvalue weighted by Gasteiger charge is 2.11. The van der Waals surface area contributed by atoms with Crippen LogP contribution in [0.4, 0.5) is 0 Å². The molecule has 0 radical (unpaired) electrons. The molecule has 1 atom stereocenters. The van der Waals surface area contributed by atoms with Crippen molar-refractivity contribution in [3.05, 3.63) is 44.7 Å². The van der Waals surface area contributed by atoms with Gasteiger partial charge in [0.15, 0.2) is 4.77 Å². The average Bonchev–Trinajstić information content (AvgIpc) is 2.47. The van der Waals surface area contributed by atoms with Crippen molar-refractivity contribution in [1.29, 1.82) is 5.26 Å². The van der Waals surface area contributed by atoms with Crippen LogP contribution in [0.15, 0.2) is 23.1 Å². The van der Waals surface area contributed by atoms with Crippen LogP contribution in [0.2, 0.25) is 0 Å². The highest BCUT2D eigenvalue weighted by atomic mass is 32.1. The van der Waals surface area contributed by atoms with E-state index in [9.17, 15) is 4.79 Å². The van der Waals surface area contributed by atoms with E-state index >= 15 is 0 Å². The summed E-state index contributed by atoms with van der Waals surface area (Å²) in [4.78, 5) is 23.6. The summed E-state index contributed by atoms with van der Waals surface area (Å²) in [6.45, 7) is 2.12. The van der Waals surface area contributed by atoms with Gasteiger partial charge in [0.2, 0.25) is 0 Å². The van der Waals surface area contributed by atoms with Gasteiger partial charge >= 0.3 is 0 Å². The smallest absolute Gasteiger partial charge is 0.270 e. The Morgan fingerprint density at radius 3 is 2.68 bits per heavy atom. The number of H-pyrrole nitrogens is 2. The Morgan fingerprint density at radius 2 is 2.14 bits per heavy atom. The summed E-state index contributed by atoms with van der Waals surface area (Å²) in [6.07, 6.45) is 2.47. The third-order valence-electron chi connectivity index (χ3n) is 3.55. The molecule has 22 heavy (non-hydrogen) atoms. The number of pyridine rings is 1. The number of aromatic nitrogens is 3. The largest absolute Gasteiger partial charge is 0.331 e. The molecule has 0 aliphatic rings. The first kappa shape index (κ1) is 16.1. The molecule has 114 valence electrons. The van der Waals surface area contributed by atoms with Crippen LogP contribution >= 0.6 is 12.2 Å². The van der Waals surface area contributed by atoms with Gasteiger partial charge in [0.05, 0.1) is 5.69 Å². The summed E-state index contributed by atoms with van der Waals surface area (Å²) in [6, 6.07) is 6.01. The van der Waals surface area contributed by atoms with Crippen molar-refractivity contribution in [3.8, 4) is 17.3 Å². The molecule has 0 aliphatic carbocycles. The third kappa shape index (κ3) is 3.47. The zero-order chi connectivity index (χ0) is 16.3. The third-order valence-corrected chi connectivity index (χ3v) is 3.76. The zero-order valence-electron chi connectivity index (χ0n) is 12.7. The first-order valence-electron chi connectivity index (χ1n) is 6.80. The van der Waals surface area contributed by atoms with Crippen LogP contribution in [0.25, 0.3) is 11.3 Å². The molecule has 0 spiro atoms. The Bertz CT molecular complexity index is 814. The van der Waals surface area contributed by atoms with Crippen molar-refractivity contribution in [1.82, 2.24) is 19.9 Å². The molecule has 0 saturated carbocycles. The Labute approximate surface area is 133 Å². The summed E-state index contributed by atoms with van der Waals surface area (Å²) < 4.78 is 0.185. The first-order valence-corrected chi connectivity index (χ1v) is 7.21. The van der Waals surface area contributed by atoms with Crippen molar-refractivity contribution < 1.29 is 0 Å². The maximum Gasteiger partial charge on any atom is 0.270 e. The molecule has 2 heterocycles. The molecule has 7 heteroatoms. The lowest BCUT2D eigenvalue weighted by Crippen LogP contribution is -2.26. The van der Waals surface area contributed by atoms with Gasteiger partial charge in [0.25, 0.3) is 5.56 Å². The topological polar surface area (TPSA) is 88.6 Å². The molecule has 0 aliphatic heterocycles. The maximum absolute atomic E-state index is 11.8. The summed E-state index contributed by atoms with van der Waals surface area (Å²) in [5, 5.41) is 9.14. The number of likely N-dealkylation sites (N-methyl/N-ethyl adjacent to an activating group) is 1. The molecule has 2 aromatic heterocycles. The van der Waals surface area contributed by atoms with Crippen LogP contribution < -0.4 is 5.56 Å². The minimum absolute atomic E-state index is 0.00445. The van der Waals surface area contributed by atoms with Crippen LogP contribution in [0.1, 0.15) is 18.2 Å². The maximum atomic E-state index is 11.8. The quantitative estimate of drug-likeness (QED) is 0.841. The minimum Gasteiger partial charge on any atom is -0.331 e. The van der Waals surface area contributed by atoms with Gasteiger partial charge in [0, 0.05) is 29.9 Å². The van der Waals surface area contributed by atoms with Crippen LogP contribution in [0, 0.1) is 16.1 Å². The van der Waals surface area contributed by atoms with Gasteiger partial charge < -0.3 is 9.88 Å². The van der Waals surface area contributed by atoms with E-state index in [1.165, 1.54) is 0 Å². The van der Waals surface area contributed by atoms with E-state index in [2.05, 4.69) is 26.8 Å². The number of rotatable bonds is 4. The molecular formula is C15H17N5OS. The highest BCUT2D eigenvalue weighted by Crippen LogP contribution is 2.18. The number of hydrogen-bond acceptors (Lipinski definition) is 5. The second-order valence-electron chi connectivity index (χ2n) is 5.33. The monoisotopic (exact) mass is 315 g/mol. The Morgan fingerprint density at radius 1 is 1.41 bits per heavy atom. The molecule has 0 aromatic carbocycles. The van der Waals surface area contributed by atoms with E-state index in [0.717, 1.165) is 12.1 Å². The molecule has 2 N–H and O–H groups in total. The number of nitrogens with one attached hydrogen (secondary N) is 2. The van der Waals surface area contributed by atoms with Crippen molar-refractivity contribution in [2.45, 2.75) is 19.4 Å². The van der Waals surface area contributed by atoms with Crippen molar-refractivity contribution in [2.24, 2.45) is 0 Å². The Hall–Kier alpha value is -2.30. The van der Waals surface area contributed by atoms with Crippen LogP contribution in [0.5, 0.6) is 0 Å². The lowest BCUT2D eigenvalue weighted by atomic mass is 10.1. The lowest BCUT2D eigenvalue weighted by Gasteiger charge is -2.19. The average molecular weight is 315 g/mol. The van der Waals surface area contributed by atoms with E-state index < -0.39 is 5.56 Å². The van der Waals surface area contributed by atoms with Gasteiger partial charge in [-0.05, 0) is 45.4 Å². The molecule has 0 bridgehead atoms. The zero-order valence-corrected chi connectivity index (χ0v) is 13.5. The number of nitrogens with zero attached hydrogens (tertiary/aromatic N) is 3. The molecule has 0 fully saturated rings. The fourth-order valence-electron chi connectivity index (χ4n) is 1.99. The summed E-state index contributed by atoms with van der Waals surface area (Å²) in [7, 11) is 4.04. The van der Waals surface area contributed by atoms with Crippen molar-refractivity contribution in [2.75, 3.05) is 14.1 Å². The molecule has 0 amide bonds. The van der Waals surface area contributed by atoms with Gasteiger partial charge in [0.1, 0.15) is 11.6 Å². The van der Waals surface area contributed by atoms with E-state index in [0.29, 0.717) is 17.3 Å². The summed E-state index contributed by atoms with van der Waals surface area (Å²) in [5.74, 6) is 0. The number of nitriles is 1. The van der Waals surface area contributed by atoms with Gasteiger partial charge in [-0.15, -0.1) is 0 Å². The van der Waals surface area contributed by atoms with Gasteiger partial charge in [-0.25, -0.2) is 0 Å². The molecule has 2 aromatic rings. The number of hydrogen-bond donors (Lipinski definition) is 2. The van der Waals surface area contributed by atoms with E-state index in [-0.39, 0.29) is 10.3 Å². The predicted octanol–water partition coefficient (Wildman–Crippen LogP) is 1.86. The lowest BCUT2D eigenvalue weighted by molar-refractivity contribution is 0.310. The summed E-state index contributed by atoms with van der Waals surface area (Å²) in [5.41, 5.74) is 1.52. The SMILES string of the molecule is CC(Cc1ccc(-c2[nH]c(=S)[nH]c(=O)c2C#N)cn1)N(C)C. The fraction of sp³-hybridized carbons (Fsp3) is 0.333. The van der Waals surface area contributed by atoms with Crippen LogP contribution in [-0.2, 0) is 6.42 Å². The van der Waals surface area contributed by atoms with Gasteiger partial charge in [-0.1, -0.05) is 0 Å². The van der Waals surface area contributed by atoms with E-state index in [1.54, 1.807) is 6.20 Å². The normalized spacial score (nSPS) is 12.1. The standard InChI is InChI=1S/C15H17N5OS/c1-9(20(2)3)6-11-5-4-10(8-17-11)13-12(7-16)14(21)19-15(22)18-13/h4-5,8-9H,6H2,1-3H3,(H2,18,19,21,22). The molecule has 2 rings (SSSR count). The Kier molecular flexibility index (Phi) is 4.85. The first-order chi connectivity index (χ1) is 10.4. The minimum atomic E-state index is -0.494. The van der Waals surface area contributed by atoms with Crippen molar-refractivity contribution >= 4 is 12.2 Å². The molecule has 1 unspecified atom stereocenters. The van der Waals surface area contributed by atoms with E-state index in [4.69, 9.17) is 17.5 Å². The van der Waals surface area contributed by atoms with Gasteiger partial charge in [-0.2, -0.15) is 5.26 Å². The number of aromatic amines is 2. The fourth-order valence-corrected chi connectivity index (χ4v) is 2.18. The van der Waals surface area contributed by atoms with E-state index in [1.807, 2.05) is 32.3 Å². The summed E-state index contributed by atoms with van der Waals surface area (Å²) >= 11 is 4.96. The van der Waals surface area contributed by atoms with Crippen LogP contribution in [0.3, 0.4) is 0 Å². The van der Waals surface area contributed by atoms with Crippen molar-refractivity contribution in [3.63, 3.8) is 0 Å². The highest BCUT2D eigenvalue weighted by molar-refractivity contribution is 7.71. The van der Waals surface area contributed by atoms with Gasteiger partial charge in [-0.3, -0.25) is 14.8 Å². The van der Waals surface area contributed by atoms with Crippen LogP contribution in [-0.4, -0.2) is 40.0 Å². The molecular weight excluding hydrogens is 298 g/mol. The predicted molar refractivity (Wildman–Crippen MR) is 87.0 cm³/mol. The second kappa shape index (κ2) is 6.64. The molecule has 6 nitrogen and oxygen atoms in total. The molecule has 0 saturated heterocycles.